The van der Waals surface area contributed by atoms with Crippen LogP contribution in [0.2, 0.25) is 0 Å². The molecule has 0 unspecified atom stereocenters. The Bertz CT molecular complexity index is 1370. The van der Waals surface area contributed by atoms with Gasteiger partial charge in [-0.3, -0.25) is 15.0 Å². The average molecular weight is 504 g/mol. The van der Waals surface area contributed by atoms with E-state index in [9.17, 15) is 15.0 Å². The maximum Gasteiger partial charge on any atom is 2.00 e. The number of rotatable bonds is 7. The van der Waals surface area contributed by atoms with Crippen LogP contribution in [-0.2, 0) is 21.3 Å². The number of aromatic nitrogens is 1. The third kappa shape index (κ3) is 6.37. The van der Waals surface area contributed by atoms with E-state index < -0.39 is 11.9 Å². The van der Waals surface area contributed by atoms with Crippen LogP contribution in [-0.4, -0.2) is 22.6 Å². The number of pyridine rings is 1. The predicted octanol–water partition coefficient (Wildman–Crippen LogP) is 3.15. The molecule has 174 valence electrons. The molecule has 35 heavy (non-hydrogen) atoms. The van der Waals surface area contributed by atoms with Crippen molar-refractivity contribution >= 4 is 28.8 Å². The summed E-state index contributed by atoms with van der Waals surface area (Å²) in [7, 11) is 0. The molecule has 1 aromatic heterocycles. The molecule has 0 aliphatic heterocycles. The Labute approximate surface area is 213 Å². The van der Waals surface area contributed by atoms with Crippen molar-refractivity contribution in [3.05, 3.63) is 138 Å². The zero-order valence-electron chi connectivity index (χ0n) is 18.4. The van der Waals surface area contributed by atoms with Crippen molar-refractivity contribution in [3.63, 3.8) is 0 Å². The fourth-order valence-electron chi connectivity index (χ4n) is 3.31. The number of carbonyl (C=O) groups excluding carboxylic acids is 1. The number of para-hydroxylation sites is 1. The number of nitrogens with zero attached hydrogens (tertiary/aromatic N) is 3. The third-order valence-electron chi connectivity index (χ3n) is 4.94. The van der Waals surface area contributed by atoms with E-state index in [2.05, 4.69) is 15.0 Å². The summed E-state index contributed by atoms with van der Waals surface area (Å²) in [6, 6.07) is 30.0. The second-order valence-corrected chi connectivity index (χ2v) is 7.19. The van der Waals surface area contributed by atoms with Gasteiger partial charge in [0.1, 0.15) is 0 Å². The van der Waals surface area contributed by atoms with E-state index in [1.807, 2.05) is 30.3 Å². The molecule has 0 saturated carbocycles. The molecule has 6 nitrogen and oxygen atoms in total. The molecule has 3 aromatic carbocycles. The van der Waals surface area contributed by atoms with Gasteiger partial charge in [-0.2, -0.15) is 0 Å². The summed E-state index contributed by atoms with van der Waals surface area (Å²) < 4.78 is 0. The minimum Gasteiger partial charge on any atom is -0.857 e. The maximum absolute atomic E-state index is 12.7. The second-order valence-electron chi connectivity index (χ2n) is 7.19. The first-order valence-corrected chi connectivity index (χ1v) is 10.5. The average Bonchev–Trinajstić information content (AvgIpc) is 2.88. The molecule has 0 spiro atoms. The zero-order chi connectivity index (χ0) is 23.8. The Morgan fingerprint density at radius 1 is 0.743 bits per heavy atom. The van der Waals surface area contributed by atoms with E-state index in [1.54, 1.807) is 72.8 Å². The molecule has 0 aliphatic rings. The van der Waals surface area contributed by atoms with Crippen LogP contribution in [0.1, 0.15) is 22.4 Å². The van der Waals surface area contributed by atoms with Crippen LogP contribution in [0.25, 0.3) is 5.57 Å². The SMILES string of the molecule is O=C([O-])/C(=C\N=C(c1ccccc1)c1ccccc1N=C([O-])c1ccccn1)c1ccccc1.[Ni+2]. The molecule has 0 saturated heterocycles. The van der Waals surface area contributed by atoms with Gasteiger partial charge in [-0.05, 0) is 23.8 Å². The summed E-state index contributed by atoms with van der Waals surface area (Å²) >= 11 is 0. The number of hydrogen-bond acceptors (Lipinski definition) is 6. The van der Waals surface area contributed by atoms with Gasteiger partial charge < -0.3 is 15.0 Å². The normalized spacial score (nSPS) is 12.1. The Kier molecular flexibility index (Phi) is 8.82. The molecule has 0 amide bonds. The molecule has 7 heteroatoms. The molecule has 0 bridgehead atoms. The summed E-state index contributed by atoms with van der Waals surface area (Å²) in [5.41, 5.74) is 2.79. The van der Waals surface area contributed by atoms with Crippen LogP contribution in [0.15, 0.2) is 126 Å². The maximum atomic E-state index is 12.7. The summed E-state index contributed by atoms with van der Waals surface area (Å²) in [6.07, 6.45) is 2.80. The summed E-state index contributed by atoms with van der Waals surface area (Å²) in [6.45, 7) is 0. The first kappa shape index (κ1) is 25.3. The summed E-state index contributed by atoms with van der Waals surface area (Å²) in [5.74, 6) is -1.83. The Balaban J connectivity index is 0.00000342. The van der Waals surface area contributed by atoms with Crippen LogP contribution in [0.5, 0.6) is 0 Å². The first-order chi connectivity index (χ1) is 16.6. The van der Waals surface area contributed by atoms with Crippen molar-refractivity contribution in [2.24, 2.45) is 9.98 Å². The summed E-state index contributed by atoms with van der Waals surface area (Å²) in [5, 5.41) is 24.5. The third-order valence-corrected chi connectivity index (χ3v) is 4.94. The number of carboxylic acids is 1. The van der Waals surface area contributed by atoms with E-state index in [0.717, 1.165) is 5.56 Å². The Hall–Kier alpha value is -4.35. The Morgan fingerprint density at radius 2 is 1.34 bits per heavy atom. The van der Waals surface area contributed by atoms with Gasteiger partial charge in [0.15, 0.2) is 0 Å². The second kappa shape index (κ2) is 12.2. The summed E-state index contributed by atoms with van der Waals surface area (Å²) in [4.78, 5) is 24.7. The quantitative estimate of drug-likeness (QED) is 0.167. The molecule has 0 N–H and O–H groups in total. The van der Waals surface area contributed by atoms with Crippen molar-refractivity contribution in [1.82, 2.24) is 4.98 Å². The van der Waals surface area contributed by atoms with Gasteiger partial charge in [0.25, 0.3) is 0 Å². The van der Waals surface area contributed by atoms with E-state index in [0.29, 0.717) is 22.5 Å². The van der Waals surface area contributed by atoms with Crippen molar-refractivity contribution in [3.8, 4) is 0 Å². The van der Waals surface area contributed by atoms with Gasteiger partial charge in [-0.25, -0.2) is 0 Å². The van der Waals surface area contributed by atoms with E-state index in [4.69, 9.17) is 0 Å². The molecule has 4 aromatic rings. The fraction of sp³-hybridized carbons (Fsp3) is 0. The van der Waals surface area contributed by atoms with E-state index in [1.165, 1.54) is 12.4 Å². The van der Waals surface area contributed by atoms with Gasteiger partial charge in [0, 0.05) is 35.0 Å². The van der Waals surface area contributed by atoms with Gasteiger partial charge in [-0.15, -0.1) is 0 Å². The number of benzene rings is 3. The predicted molar refractivity (Wildman–Crippen MR) is 128 cm³/mol. The van der Waals surface area contributed by atoms with Gasteiger partial charge in [0.2, 0.25) is 0 Å². The minimum atomic E-state index is -1.34. The molecule has 0 aliphatic carbocycles. The molecule has 0 radical (unpaired) electrons. The molecule has 4 rings (SSSR count). The number of hydrogen-bond donors (Lipinski definition) is 0. The standard InChI is InChI=1S/C28H21N3O3.Ni/c32-27(25-17-9-10-18-29-25)31-24-16-8-7-15-22(24)26(21-13-5-2-6-14-21)30-19-23(28(33)34)20-11-3-1-4-12-20;/h1-19H,(H,31,32)(H,33,34);/q;+2/p-2/b23-19-,30-26?;. The zero-order valence-corrected chi connectivity index (χ0v) is 19.3. The first-order valence-electron chi connectivity index (χ1n) is 10.5. The number of carboxylic acid groups (broad SMARTS) is 1. The van der Waals surface area contributed by atoms with E-state index in [-0.39, 0.29) is 27.8 Å². The van der Waals surface area contributed by atoms with Crippen molar-refractivity contribution in [2.75, 3.05) is 0 Å². The van der Waals surface area contributed by atoms with Crippen molar-refractivity contribution in [2.45, 2.75) is 0 Å². The van der Waals surface area contributed by atoms with E-state index >= 15 is 0 Å². The number of aliphatic carboxylic acids is 1. The number of carbonyl (C=O) groups is 1. The van der Waals surface area contributed by atoms with Gasteiger partial charge >= 0.3 is 16.5 Å². The largest absolute Gasteiger partial charge is 2.00 e. The van der Waals surface area contributed by atoms with Crippen LogP contribution in [0, 0.1) is 0 Å². The molecule has 0 fully saturated rings. The van der Waals surface area contributed by atoms with Crippen LogP contribution in [0.4, 0.5) is 5.69 Å². The molecule has 1 heterocycles. The molecular formula is C28H19N3NiO3. The topological polar surface area (TPSA) is 101 Å². The van der Waals surface area contributed by atoms with Gasteiger partial charge in [-0.1, -0.05) is 84.9 Å². The molecular weight excluding hydrogens is 485 g/mol. The van der Waals surface area contributed by atoms with Crippen LogP contribution < -0.4 is 10.2 Å². The van der Waals surface area contributed by atoms with Crippen molar-refractivity contribution < 1.29 is 31.5 Å². The monoisotopic (exact) mass is 503 g/mol. The smallest absolute Gasteiger partial charge is 0.857 e. The van der Waals surface area contributed by atoms with Crippen molar-refractivity contribution in [1.29, 1.82) is 0 Å². The fourth-order valence-corrected chi connectivity index (χ4v) is 3.31. The number of aliphatic imine (C=N–C) groups is 2. The minimum absolute atomic E-state index is 0. The van der Waals surface area contributed by atoms with Crippen LogP contribution >= 0.6 is 0 Å². The molecule has 0 atom stereocenters. The Morgan fingerprint density at radius 3 is 1.97 bits per heavy atom. The van der Waals surface area contributed by atoms with Gasteiger partial charge in [0.05, 0.1) is 23.1 Å². The van der Waals surface area contributed by atoms with Crippen LogP contribution in [0.3, 0.4) is 0 Å².